The van der Waals surface area contributed by atoms with Crippen LogP contribution in [-0.4, -0.2) is 30.6 Å². The van der Waals surface area contributed by atoms with E-state index in [4.69, 9.17) is 9.84 Å². The molecule has 1 aromatic carbocycles. The van der Waals surface area contributed by atoms with Gasteiger partial charge in [0.05, 0.1) is 0 Å². The summed E-state index contributed by atoms with van der Waals surface area (Å²) in [6, 6.07) is 5.31. The summed E-state index contributed by atoms with van der Waals surface area (Å²) < 4.78 is 5.13. The lowest BCUT2D eigenvalue weighted by Crippen LogP contribution is -2.24. The summed E-state index contributed by atoms with van der Waals surface area (Å²) in [5.41, 5.74) is 1.89. The Labute approximate surface area is 105 Å². The number of amides is 1. The van der Waals surface area contributed by atoms with Crippen LogP contribution in [0.2, 0.25) is 0 Å². The first-order valence-electron chi connectivity index (χ1n) is 5.82. The van der Waals surface area contributed by atoms with Gasteiger partial charge in [-0.05, 0) is 36.6 Å². The zero-order chi connectivity index (χ0) is 13.1. The number of nitrogens with zero attached hydrogens (tertiary/aromatic N) is 1. The second-order valence-electron chi connectivity index (χ2n) is 4.28. The van der Waals surface area contributed by atoms with Gasteiger partial charge in [0.1, 0.15) is 5.75 Å². The van der Waals surface area contributed by atoms with E-state index in [1.165, 1.54) is 0 Å². The van der Waals surface area contributed by atoms with E-state index in [0.29, 0.717) is 12.2 Å². The molecule has 0 aromatic heterocycles. The Morgan fingerprint density at radius 1 is 1.44 bits per heavy atom. The molecule has 0 radical (unpaired) electrons. The Balaban J connectivity index is 2.23. The van der Waals surface area contributed by atoms with E-state index in [9.17, 15) is 9.59 Å². The van der Waals surface area contributed by atoms with Gasteiger partial charge in [-0.3, -0.25) is 4.79 Å². The third-order valence-electron chi connectivity index (χ3n) is 2.99. The zero-order valence-electron chi connectivity index (χ0n) is 10.2. The number of carboxylic acid groups (broad SMARTS) is 1. The van der Waals surface area contributed by atoms with Crippen molar-refractivity contribution in [2.24, 2.45) is 0 Å². The number of anilines is 1. The maximum atomic E-state index is 11.7. The third-order valence-corrected chi connectivity index (χ3v) is 2.99. The van der Waals surface area contributed by atoms with Gasteiger partial charge in [-0.1, -0.05) is 0 Å². The molecule has 96 valence electrons. The molecule has 18 heavy (non-hydrogen) atoms. The van der Waals surface area contributed by atoms with Crippen molar-refractivity contribution in [2.45, 2.75) is 19.3 Å². The number of carbonyl (C=O) groups is 2. The van der Waals surface area contributed by atoms with Gasteiger partial charge in [0.15, 0.2) is 6.61 Å². The molecule has 1 amide bonds. The minimum absolute atomic E-state index is 0.105. The molecule has 1 heterocycles. The van der Waals surface area contributed by atoms with Gasteiger partial charge in [0.2, 0.25) is 5.91 Å². The Morgan fingerprint density at radius 3 is 2.94 bits per heavy atom. The number of hydrogen-bond acceptors (Lipinski definition) is 3. The molecule has 0 atom stereocenters. The lowest BCUT2D eigenvalue weighted by atomic mass is 10.1. The van der Waals surface area contributed by atoms with Gasteiger partial charge in [0, 0.05) is 19.2 Å². The first kappa shape index (κ1) is 12.4. The fourth-order valence-corrected chi connectivity index (χ4v) is 2.06. The highest BCUT2D eigenvalue weighted by Crippen LogP contribution is 2.29. The van der Waals surface area contributed by atoms with Crippen LogP contribution in [-0.2, 0) is 16.0 Å². The summed E-state index contributed by atoms with van der Waals surface area (Å²) in [6.45, 7) is -0.354. The molecule has 1 aliphatic rings. The first-order valence-corrected chi connectivity index (χ1v) is 5.82. The van der Waals surface area contributed by atoms with Crippen molar-refractivity contribution < 1.29 is 19.4 Å². The van der Waals surface area contributed by atoms with Gasteiger partial charge in [-0.15, -0.1) is 0 Å². The molecule has 1 N–H and O–H groups in total. The summed E-state index contributed by atoms with van der Waals surface area (Å²) in [7, 11) is 1.75. The molecule has 0 unspecified atom stereocenters. The summed E-state index contributed by atoms with van der Waals surface area (Å²) in [4.78, 5) is 23.8. The van der Waals surface area contributed by atoms with Crippen molar-refractivity contribution in [3.05, 3.63) is 23.8 Å². The van der Waals surface area contributed by atoms with E-state index in [1.54, 1.807) is 24.1 Å². The molecule has 0 aliphatic carbocycles. The fraction of sp³-hybridized carbons (Fsp3) is 0.385. The van der Waals surface area contributed by atoms with Crippen LogP contribution in [0.4, 0.5) is 5.69 Å². The van der Waals surface area contributed by atoms with Crippen LogP contribution < -0.4 is 9.64 Å². The Kier molecular flexibility index (Phi) is 3.50. The standard InChI is InChI=1S/C13H15NO4/c1-14-11-6-5-10(18-8-13(16)17)7-9(11)3-2-4-12(14)15/h5-7H,2-4,8H2,1H3,(H,16,17). The van der Waals surface area contributed by atoms with Crippen molar-refractivity contribution in [2.75, 3.05) is 18.6 Å². The largest absolute Gasteiger partial charge is 0.482 e. The normalized spacial score (nSPS) is 14.9. The minimum atomic E-state index is -1.00. The van der Waals surface area contributed by atoms with Crippen LogP contribution in [0.15, 0.2) is 18.2 Å². The van der Waals surface area contributed by atoms with Crippen molar-refractivity contribution in [3.63, 3.8) is 0 Å². The highest BCUT2D eigenvalue weighted by atomic mass is 16.5. The molecule has 0 spiro atoms. The number of fused-ring (bicyclic) bond motifs is 1. The van der Waals surface area contributed by atoms with Gasteiger partial charge < -0.3 is 14.7 Å². The van der Waals surface area contributed by atoms with E-state index in [-0.39, 0.29) is 12.5 Å². The number of aryl methyl sites for hydroxylation is 1. The number of hydrogen-bond donors (Lipinski definition) is 1. The monoisotopic (exact) mass is 249 g/mol. The maximum Gasteiger partial charge on any atom is 0.341 e. The van der Waals surface area contributed by atoms with Gasteiger partial charge in [0.25, 0.3) is 0 Å². The van der Waals surface area contributed by atoms with Crippen molar-refractivity contribution >= 4 is 17.6 Å². The highest BCUT2D eigenvalue weighted by Gasteiger charge is 2.19. The van der Waals surface area contributed by atoms with Gasteiger partial charge in [-0.2, -0.15) is 0 Å². The number of carboxylic acids is 1. The second-order valence-corrected chi connectivity index (χ2v) is 4.28. The first-order chi connectivity index (χ1) is 8.58. The number of carbonyl (C=O) groups excluding carboxylic acids is 1. The van der Waals surface area contributed by atoms with E-state index in [1.807, 2.05) is 6.07 Å². The molecule has 0 fully saturated rings. The predicted octanol–water partition coefficient (Wildman–Crippen LogP) is 1.45. The van der Waals surface area contributed by atoms with E-state index in [0.717, 1.165) is 24.1 Å². The molecule has 5 nitrogen and oxygen atoms in total. The smallest absolute Gasteiger partial charge is 0.341 e. The number of ether oxygens (including phenoxy) is 1. The van der Waals surface area contributed by atoms with E-state index >= 15 is 0 Å². The van der Waals surface area contributed by atoms with Crippen molar-refractivity contribution in [1.82, 2.24) is 0 Å². The molecular formula is C13H15NO4. The zero-order valence-corrected chi connectivity index (χ0v) is 10.2. The van der Waals surface area contributed by atoms with Crippen LogP contribution in [0.1, 0.15) is 18.4 Å². The number of aliphatic carboxylic acids is 1. The van der Waals surface area contributed by atoms with Gasteiger partial charge in [-0.25, -0.2) is 4.79 Å². The topological polar surface area (TPSA) is 66.8 Å². The molecule has 5 heteroatoms. The second kappa shape index (κ2) is 5.08. The van der Waals surface area contributed by atoms with Crippen LogP contribution in [0, 0.1) is 0 Å². The quantitative estimate of drug-likeness (QED) is 0.880. The summed E-state index contributed by atoms with van der Waals surface area (Å²) in [6.07, 6.45) is 2.14. The van der Waals surface area contributed by atoms with E-state index < -0.39 is 5.97 Å². The fourth-order valence-electron chi connectivity index (χ4n) is 2.06. The Bertz CT molecular complexity index is 484. The molecule has 0 saturated carbocycles. The number of benzene rings is 1. The average molecular weight is 249 g/mol. The predicted molar refractivity (Wildman–Crippen MR) is 65.9 cm³/mol. The SMILES string of the molecule is CN1C(=O)CCCc2cc(OCC(=O)O)ccc21. The van der Waals surface area contributed by atoms with Crippen molar-refractivity contribution in [3.8, 4) is 5.75 Å². The molecule has 0 saturated heterocycles. The van der Waals surface area contributed by atoms with Crippen LogP contribution >= 0.6 is 0 Å². The Hall–Kier alpha value is -2.04. The van der Waals surface area contributed by atoms with Crippen LogP contribution in [0.3, 0.4) is 0 Å². The third kappa shape index (κ3) is 2.61. The molecule has 1 aromatic rings. The van der Waals surface area contributed by atoms with Crippen LogP contribution in [0.25, 0.3) is 0 Å². The highest BCUT2D eigenvalue weighted by molar-refractivity contribution is 5.94. The molecule has 2 rings (SSSR count). The maximum absolute atomic E-state index is 11.7. The summed E-state index contributed by atoms with van der Waals surface area (Å²) in [5.74, 6) is -0.371. The average Bonchev–Trinajstić information content (AvgIpc) is 2.48. The van der Waals surface area contributed by atoms with Crippen molar-refractivity contribution in [1.29, 1.82) is 0 Å². The Morgan fingerprint density at radius 2 is 2.22 bits per heavy atom. The van der Waals surface area contributed by atoms with Gasteiger partial charge >= 0.3 is 5.97 Å². The van der Waals surface area contributed by atoms with E-state index in [2.05, 4.69) is 0 Å². The lowest BCUT2D eigenvalue weighted by molar-refractivity contribution is -0.139. The molecule has 0 bridgehead atoms. The molecule has 1 aliphatic heterocycles. The van der Waals surface area contributed by atoms with Crippen LogP contribution in [0.5, 0.6) is 5.75 Å². The molecular weight excluding hydrogens is 234 g/mol. The summed E-state index contributed by atoms with van der Waals surface area (Å²) in [5, 5.41) is 8.56. The lowest BCUT2D eigenvalue weighted by Gasteiger charge is -2.18. The minimum Gasteiger partial charge on any atom is -0.482 e. The summed E-state index contributed by atoms with van der Waals surface area (Å²) >= 11 is 0. The number of rotatable bonds is 3.